The van der Waals surface area contributed by atoms with Crippen molar-refractivity contribution in [3.63, 3.8) is 0 Å². The van der Waals surface area contributed by atoms with Gasteiger partial charge in [-0.3, -0.25) is 14.5 Å². The Hall–Kier alpha value is -1.68. The molecule has 0 aliphatic carbocycles. The van der Waals surface area contributed by atoms with E-state index >= 15 is 0 Å². The lowest BCUT2D eigenvalue weighted by Crippen LogP contribution is -2.47. The van der Waals surface area contributed by atoms with Crippen LogP contribution >= 0.6 is 0 Å². The quantitative estimate of drug-likeness (QED) is 0.845. The standard InChI is InChI=1S/C15H19NO3/c1-15(2)8-13(18)16(14(19)9-15)10-12(17)11-6-4-3-5-7-11/h3-7,12,17H,8-10H2,1-2H3. The summed E-state index contributed by atoms with van der Waals surface area (Å²) in [6, 6.07) is 9.07. The Morgan fingerprint density at radius 2 is 1.68 bits per heavy atom. The molecule has 0 spiro atoms. The molecular weight excluding hydrogens is 242 g/mol. The minimum atomic E-state index is -0.824. The van der Waals surface area contributed by atoms with E-state index in [4.69, 9.17) is 0 Å². The molecule has 19 heavy (non-hydrogen) atoms. The number of likely N-dealkylation sites (tertiary alicyclic amines) is 1. The third-order valence-corrected chi connectivity index (χ3v) is 3.40. The Balaban J connectivity index is 2.07. The van der Waals surface area contributed by atoms with Gasteiger partial charge in [-0.1, -0.05) is 44.2 Å². The molecule has 1 fully saturated rings. The normalized spacial score (nSPS) is 20.5. The highest BCUT2D eigenvalue weighted by atomic mass is 16.3. The molecule has 4 heteroatoms. The van der Waals surface area contributed by atoms with E-state index in [1.807, 2.05) is 32.0 Å². The molecule has 1 N–H and O–H groups in total. The smallest absolute Gasteiger partial charge is 0.229 e. The van der Waals surface area contributed by atoms with Gasteiger partial charge in [-0.2, -0.15) is 0 Å². The van der Waals surface area contributed by atoms with E-state index in [-0.39, 0.29) is 23.8 Å². The molecule has 1 aromatic carbocycles. The second-order valence-electron chi connectivity index (χ2n) is 5.84. The van der Waals surface area contributed by atoms with Crippen LogP contribution in [0.3, 0.4) is 0 Å². The highest BCUT2D eigenvalue weighted by molar-refractivity contribution is 5.98. The average Bonchev–Trinajstić information content (AvgIpc) is 2.33. The monoisotopic (exact) mass is 261 g/mol. The number of piperidine rings is 1. The molecule has 0 aromatic heterocycles. The van der Waals surface area contributed by atoms with Crippen molar-refractivity contribution in [1.29, 1.82) is 0 Å². The maximum absolute atomic E-state index is 12.0. The lowest BCUT2D eigenvalue weighted by atomic mass is 9.81. The first-order valence-electron chi connectivity index (χ1n) is 6.45. The fourth-order valence-electron chi connectivity index (χ4n) is 2.37. The van der Waals surface area contributed by atoms with E-state index in [0.29, 0.717) is 18.4 Å². The molecule has 2 rings (SSSR count). The zero-order chi connectivity index (χ0) is 14.0. The Labute approximate surface area is 113 Å². The zero-order valence-electron chi connectivity index (χ0n) is 11.3. The van der Waals surface area contributed by atoms with Gasteiger partial charge in [-0.05, 0) is 11.0 Å². The van der Waals surface area contributed by atoms with Crippen molar-refractivity contribution in [3.8, 4) is 0 Å². The maximum atomic E-state index is 12.0. The van der Waals surface area contributed by atoms with E-state index in [9.17, 15) is 14.7 Å². The Bertz CT molecular complexity index is 461. The third-order valence-electron chi connectivity index (χ3n) is 3.40. The molecule has 1 unspecified atom stereocenters. The number of imide groups is 1. The van der Waals surface area contributed by atoms with E-state index in [1.165, 1.54) is 4.90 Å². The van der Waals surface area contributed by atoms with Crippen LogP contribution in [-0.4, -0.2) is 28.4 Å². The van der Waals surface area contributed by atoms with Crippen LogP contribution < -0.4 is 0 Å². The second kappa shape index (κ2) is 5.13. The number of aliphatic hydroxyl groups is 1. The summed E-state index contributed by atoms with van der Waals surface area (Å²) in [5, 5.41) is 10.1. The van der Waals surface area contributed by atoms with Crippen molar-refractivity contribution in [2.24, 2.45) is 5.41 Å². The van der Waals surface area contributed by atoms with Crippen molar-refractivity contribution < 1.29 is 14.7 Å². The van der Waals surface area contributed by atoms with Crippen LogP contribution in [0.4, 0.5) is 0 Å². The van der Waals surface area contributed by atoms with Crippen molar-refractivity contribution in [1.82, 2.24) is 4.90 Å². The Morgan fingerprint density at radius 1 is 1.16 bits per heavy atom. The van der Waals surface area contributed by atoms with Crippen LogP contribution in [0.5, 0.6) is 0 Å². The fraction of sp³-hybridized carbons (Fsp3) is 0.467. The predicted octanol–water partition coefficient (Wildman–Crippen LogP) is 1.90. The highest BCUT2D eigenvalue weighted by Gasteiger charge is 2.38. The van der Waals surface area contributed by atoms with Gasteiger partial charge in [-0.15, -0.1) is 0 Å². The van der Waals surface area contributed by atoms with Gasteiger partial charge in [0.15, 0.2) is 0 Å². The van der Waals surface area contributed by atoms with Crippen LogP contribution in [0.15, 0.2) is 30.3 Å². The molecule has 1 aliphatic rings. The van der Waals surface area contributed by atoms with Gasteiger partial charge in [0.2, 0.25) is 11.8 Å². The third kappa shape index (κ3) is 3.20. The van der Waals surface area contributed by atoms with Gasteiger partial charge < -0.3 is 5.11 Å². The number of amides is 2. The molecule has 1 saturated heterocycles. The minimum absolute atomic E-state index is 0.0394. The number of aliphatic hydroxyl groups excluding tert-OH is 1. The number of β-amino-alcohol motifs (C(OH)–C–C–N with tert-alkyl or cyclic N) is 1. The van der Waals surface area contributed by atoms with Gasteiger partial charge >= 0.3 is 0 Å². The van der Waals surface area contributed by atoms with E-state index in [1.54, 1.807) is 12.1 Å². The van der Waals surface area contributed by atoms with Crippen molar-refractivity contribution in [2.45, 2.75) is 32.8 Å². The van der Waals surface area contributed by atoms with E-state index in [0.717, 1.165) is 0 Å². The maximum Gasteiger partial charge on any atom is 0.229 e. The highest BCUT2D eigenvalue weighted by Crippen LogP contribution is 2.32. The number of benzene rings is 1. The number of carbonyl (C=O) groups is 2. The molecule has 102 valence electrons. The lowest BCUT2D eigenvalue weighted by molar-refractivity contribution is -0.154. The number of rotatable bonds is 3. The Kier molecular flexibility index (Phi) is 3.71. The summed E-state index contributed by atoms with van der Waals surface area (Å²) >= 11 is 0. The SMILES string of the molecule is CC1(C)CC(=O)N(CC(O)c2ccccc2)C(=O)C1. The molecule has 0 radical (unpaired) electrons. The minimum Gasteiger partial charge on any atom is -0.387 e. The van der Waals surface area contributed by atoms with Crippen LogP contribution in [0.25, 0.3) is 0 Å². The number of hydrogen-bond acceptors (Lipinski definition) is 3. The van der Waals surface area contributed by atoms with Gasteiger partial charge in [0.1, 0.15) is 0 Å². The molecule has 1 atom stereocenters. The summed E-state index contributed by atoms with van der Waals surface area (Å²) < 4.78 is 0. The molecule has 0 bridgehead atoms. The molecule has 4 nitrogen and oxygen atoms in total. The predicted molar refractivity (Wildman–Crippen MR) is 71.1 cm³/mol. The number of hydrogen-bond donors (Lipinski definition) is 1. The van der Waals surface area contributed by atoms with Crippen molar-refractivity contribution in [3.05, 3.63) is 35.9 Å². The molecule has 1 aliphatic heterocycles. The summed E-state index contributed by atoms with van der Waals surface area (Å²) in [6.07, 6.45) is -0.129. The largest absolute Gasteiger partial charge is 0.387 e. The van der Waals surface area contributed by atoms with Crippen LogP contribution in [-0.2, 0) is 9.59 Å². The topological polar surface area (TPSA) is 57.6 Å². The zero-order valence-corrected chi connectivity index (χ0v) is 11.3. The molecular formula is C15H19NO3. The fourth-order valence-corrected chi connectivity index (χ4v) is 2.37. The summed E-state index contributed by atoms with van der Waals surface area (Å²) in [7, 11) is 0. The average molecular weight is 261 g/mol. The summed E-state index contributed by atoms with van der Waals surface area (Å²) in [6.45, 7) is 3.86. The van der Waals surface area contributed by atoms with Crippen LogP contribution in [0, 0.1) is 5.41 Å². The molecule has 1 heterocycles. The summed E-state index contributed by atoms with van der Waals surface area (Å²) in [5.74, 6) is -0.396. The van der Waals surface area contributed by atoms with Gasteiger partial charge in [-0.25, -0.2) is 0 Å². The van der Waals surface area contributed by atoms with E-state index < -0.39 is 6.10 Å². The molecule has 1 aromatic rings. The molecule has 2 amide bonds. The van der Waals surface area contributed by atoms with Crippen LogP contribution in [0.2, 0.25) is 0 Å². The molecule has 0 saturated carbocycles. The van der Waals surface area contributed by atoms with Crippen molar-refractivity contribution in [2.75, 3.05) is 6.54 Å². The van der Waals surface area contributed by atoms with Gasteiger partial charge in [0, 0.05) is 12.8 Å². The van der Waals surface area contributed by atoms with Gasteiger partial charge in [0.25, 0.3) is 0 Å². The number of nitrogens with zero attached hydrogens (tertiary/aromatic N) is 1. The first-order chi connectivity index (χ1) is 8.89. The second-order valence-corrected chi connectivity index (χ2v) is 5.84. The van der Waals surface area contributed by atoms with Crippen molar-refractivity contribution >= 4 is 11.8 Å². The van der Waals surface area contributed by atoms with Crippen LogP contribution in [0.1, 0.15) is 38.4 Å². The van der Waals surface area contributed by atoms with E-state index in [2.05, 4.69) is 0 Å². The number of carbonyl (C=O) groups excluding carboxylic acids is 2. The summed E-state index contributed by atoms with van der Waals surface area (Å²) in [4.78, 5) is 25.1. The first-order valence-corrected chi connectivity index (χ1v) is 6.45. The van der Waals surface area contributed by atoms with Gasteiger partial charge in [0.05, 0.1) is 12.6 Å². The Morgan fingerprint density at radius 3 is 2.21 bits per heavy atom. The first kappa shape index (κ1) is 13.7. The summed E-state index contributed by atoms with van der Waals surface area (Å²) in [5.41, 5.74) is 0.440. The lowest BCUT2D eigenvalue weighted by Gasteiger charge is -2.35.